The van der Waals surface area contributed by atoms with Gasteiger partial charge in [-0.3, -0.25) is 4.68 Å². The second-order valence-electron chi connectivity index (χ2n) is 2.35. The number of carbonyl (C=O) groups is 1. The van der Waals surface area contributed by atoms with Crippen LogP contribution in [0.4, 0.5) is 4.39 Å². The number of esters is 1. The largest absolute Gasteiger partial charge is 0.464 e. The zero-order valence-corrected chi connectivity index (χ0v) is 6.80. The molecule has 1 rings (SSSR count). The number of hydrogen-bond donors (Lipinski definition) is 1. The molecular formula is C7H9FN2O2. The summed E-state index contributed by atoms with van der Waals surface area (Å²) < 4.78 is 18.1. The van der Waals surface area contributed by atoms with E-state index in [1.54, 1.807) is 0 Å². The number of methoxy groups -OCH3 is 1. The first-order valence-electron chi connectivity index (χ1n) is 3.28. The summed E-state index contributed by atoms with van der Waals surface area (Å²) >= 11 is 0. The summed E-state index contributed by atoms with van der Waals surface area (Å²) in [6.45, 7) is 1.46. The summed E-state index contributed by atoms with van der Waals surface area (Å²) in [6, 6.07) is 0. The Balaban J connectivity index is 3.22. The zero-order chi connectivity index (χ0) is 9.30. The van der Waals surface area contributed by atoms with Crippen LogP contribution >= 0.6 is 0 Å². The minimum Gasteiger partial charge on any atom is -0.464 e. The molecule has 0 aliphatic rings. The summed E-state index contributed by atoms with van der Waals surface area (Å²) in [5.74, 6) is 4.14. The van der Waals surface area contributed by atoms with E-state index in [9.17, 15) is 9.18 Å². The third-order valence-electron chi connectivity index (χ3n) is 1.60. The van der Waals surface area contributed by atoms with E-state index >= 15 is 0 Å². The van der Waals surface area contributed by atoms with Gasteiger partial charge in [0.2, 0.25) is 0 Å². The first kappa shape index (κ1) is 8.58. The van der Waals surface area contributed by atoms with Crippen LogP contribution in [0.1, 0.15) is 16.1 Å². The van der Waals surface area contributed by atoms with E-state index in [1.165, 1.54) is 14.0 Å². The van der Waals surface area contributed by atoms with Crippen LogP contribution in [0, 0.1) is 12.7 Å². The molecule has 0 unspecified atom stereocenters. The number of rotatable bonds is 1. The summed E-state index contributed by atoms with van der Waals surface area (Å²) in [7, 11) is 1.21. The van der Waals surface area contributed by atoms with Crippen molar-refractivity contribution in [2.75, 3.05) is 13.0 Å². The van der Waals surface area contributed by atoms with Crippen LogP contribution in [-0.2, 0) is 4.74 Å². The van der Waals surface area contributed by atoms with Crippen molar-refractivity contribution >= 4 is 5.97 Å². The lowest BCUT2D eigenvalue weighted by Gasteiger charge is -2.00. The van der Waals surface area contributed by atoms with E-state index in [4.69, 9.17) is 5.84 Å². The number of hydrogen-bond acceptors (Lipinski definition) is 3. The molecular weight excluding hydrogens is 163 g/mol. The maximum Gasteiger partial charge on any atom is 0.356 e. The van der Waals surface area contributed by atoms with Gasteiger partial charge in [0.05, 0.1) is 13.3 Å². The molecule has 0 saturated carbocycles. The smallest absolute Gasteiger partial charge is 0.356 e. The fourth-order valence-corrected chi connectivity index (χ4v) is 0.945. The molecule has 0 amide bonds. The maximum absolute atomic E-state index is 12.8. The van der Waals surface area contributed by atoms with E-state index in [0.717, 1.165) is 10.9 Å². The van der Waals surface area contributed by atoms with E-state index in [2.05, 4.69) is 4.74 Å². The number of nitrogen functional groups attached to an aromatic ring is 1. The van der Waals surface area contributed by atoms with Crippen molar-refractivity contribution in [1.82, 2.24) is 4.68 Å². The van der Waals surface area contributed by atoms with Gasteiger partial charge in [-0.05, 0) is 6.92 Å². The van der Waals surface area contributed by atoms with Gasteiger partial charge in [-0.25, -0.2) is 9.18 Å². The molecule has 2 N–H and O–H groups in total. The fraction of sp³-hybridized carbons (Fsp3) is 0.286. The molecule has 0 bridgehead atoms. The zero-order valence-electron chi connectivity index (χ0n) is 6.80. The Kier molecular flexibility index (Phi) is 2.03. The van der Waals surface area contributed by atoms with Gasteiger partial charge < -0.3 is 10.6 Å². The van der Waals surface area contributed by atoms with E-state index < -0.39 is 11.8 Å². The molecule has 0 atom stereocenters. The van der Waals surface area contributed by atoms with Crippen molar-refractivity contribution in [2.45, 2.75) is 6.92 Å². The van der Waals surface area contributed by atoms with Crippen LogP contribution < -0.4 is 5.84 Å². The number of aromatic nitrogens is 1. The van der Waals surface area contributed by atoms with Gasteiger partial charge in [-0.15, -0.1) is 0 Å². The van der Waals surface area contributed by atoms with Crippen molar-refractivity contribution in [3.8, 4) is 0 Å². The lowest BCUT2D eigenvalue weighted by molar-refractivity contribution is 0.0590. The SMILES string of the molecule is COC(=O)c1c(C)c(F)cn1N. The predicted molar refractivity (Wildman–Crippen MR) is 40.6 cm³/mol. The van der Waals surface area contributed by atoms with Crippen molar-refractivity contribution in [1.29, 1.82) is 0 Å². The molecule has 0 aliphatic carbocycles. The molecule has 1 heterocycles. The first-order valence-corrected chi connectivity index (χ1v) is 3.28. The lowest BCUT2D eigenvalue weighted by Crippen LogP contribution is -2.17. The third-order valence-corrected chi connectivity index (χ3v) is 1.60. The summed E-state index contributed by atoms with van der Waals surface area (Å²) in [4.78, 5) is 11.0. The number of nitrogens with zero attached hydrogens (tertiary/aromatic N) is 1. The molecule has 0 fully saturated rings. The first-order chi connectivity index (χ1) is 5.57. The minimum atomic E-state index is -0.640. The van der Waals surface area contributed by atoms with Crippen LogP contribution in [0.2, 0.25) is 0 Å². The van der Waals surface area contributed by atoms with Crippen molar-refractivity contribution in [3.63, 3.8) is 0 Å². The highest BCUT2D eigenvalue weighted by atomic mass is 19.1. The molecule has 0 saturated heterocycles. The molecule has 1 aromatic heterocycles. The Bertz CT molecular complexity index is 319. The highest BCUT2D eigenvalue weighted by Gasteiger charge is 2.17. The van der Waals surface area contributed by atoms with Crippen LogP contribution in [0.5, 0.6) is 0 Å². The summed E-state index contributed by atoms with van der Waals surface area (Å²) in [5, 5.41) is 0. The average Bonchev–Trinajstić information content (AvgIpc) is 2.26. The van der Waals surface area contributed by atoms with Crippen molar-refractivity contribution in [2.24, 2.45) is 0 Å². The van der Waals surface area contributed by atoms with Gasteiger partial charge in [0.15, 0.2) is 5.69 Å². The Morgan fingerprint density at radius 1 is 1.75 bits per heavy atom. The summed E-state index contributed by atoms with van der Waals surface area (Å²) in [6.07, 6.45) is 1.03. The van der Waals surface area contributed by atoms with Crippen molar-refractivity contribution < 1.29 is 13.9 Å². The normalized spacial score (nSPS) is 9.92. The predicted octanol–water partition coefficient (Wildman–Crippen LogP) is 0.436. The van der Waals surface area contributed by atoms with E-state index in [-0.39, 0.29) is 11.3 Å². The van der Waals surface area contributed by atoms with Gasteiger partial charge in [0.1, 0.15) is 5.82 Å². The van der Waals surface area contributed by atoms with Crippen LogP contribution in [0.25, 0.3) is 0 Å². The summed E-state index contributed by atoms with van der Waals surface area (Å²) in [5.41, 5.74) is 0.236. The number of nitrogens with two attached hydrogens (primary N) is 1. The second-order valence-corrected chi connectivity index (χ2v) is 2.35. The van der Waals surface area contributed by atoms with Crippen LogP contribution in [0.3, 0.4) is 0 Å². The maximum atomic E-state index is 12.8. The quantitative estimate of drug-likeness (QED) is 0.493. The molecule has 0 spiro atoms. The number of halogens is 1. The van der Waals surface area contributed by atoms with Gasteiger partial charge in [-0.2, -0.15) is 0 Å². The lowest BCUT2D eigenvalue weighted by atomic mass is 10.2. The monoisotopic (exact) mass is 172 g/mol. The van der Waals surface area contributed by atoms with E-state index in [1.807, 2.05) is 0 Å². The molecule has 1 aromatic rings. The molecule has 5 heteroatoms. The Hall–Kier alpha value is -1.52. The number of ether oxygens (including phenoxy) is 1. The third kappa shape index (κ3) is 1.13. The topological polar surface area (TPSA) is 57.2 Å². The molecule has 0 aromatic carbocycles. The Morgan fingerprint density at radius 2 is 2.33 bits per heavy atom. The molecule has 4 nitrogen and oxygen atoms in total. The molecule has 12 heavy (non-hydrogen) atoms. The van der Waals surface area contributed by atoms with Gasteiger partial charge in [0, 0.05) is 5.56 Å². The molecule has 0 radical (unpaired) electrons. The highest BCUT2D eigenvalue weighted by molar-refractivity contribution is 5.89. The second kappa shape index (κ2) is 2.84. The van der Waals surface area contributed by atoms with Gasteiger partial charge in [0.25, 0.3) is 0 Å². The van der Waals surface area contributed by atoms with E-state index in [0.29, 0.717) is 0 Å². The Morgan fingerprint density at radius 3 is 2.67 bits per heavy atom. The minimum absolute atomic E-state index is 0.0370. The van der Waals surface area contributed by atoms with Crippen molar-refractivity contribution in [3.05, 3.63) is 23.3 Å². The Labute approximate surface area is 68.7 Å². The number of carbonyl (C=O) groups excluding carboxylic acids is 1. The fourth-order valence-electron chi connectivity index (χ4n) is 0.945. The van der Waals surface area contributed by atoms with Crippen LogP contribution in [0.15, 0.2) is 6.20 Å². The standard InChI is InChI=1S/C7H9FN2O2/c1-4-5(8)3-10(9)6(4)7(11)12-2/h3H,9H2,1-2H3. The van der Waals surface area contributed by atoms with Crippen LogP contribution in [-0.4, -0.2) is 17.8 Å². The van der Waals surface area contributed by atoms with Gasteiger partial charge >= 0.3 is 5.97 Å². The molecule has 66 valence electrons. The molecule has 0 aliphatic heterocycles. The highest BCUT2D eigenvalue weighted by Crippen LogP contribution is 2.13. The van der Waals surface area contributed by atoms with Gasteiger partial charge in [-0.1, -0.05) is 0 Å². The average molecular weight is 172 g/mol.